The van der Waals surface area contributed by atoms with Crippen LogP contribution in [0.4, 0.5) is 0 Å². The summed E-state index contributed by atoms with van der Waals surface area (Å²) in [5.74, 6) is 0. The van der Waals surface area contributed by atoms with Gasteiger partial charge in [-0.2, -0.15) is 0 Å². The van der Waals surface area contributed by atoms with Gasteiger partial charge < -0.3 is 0 Å². The molecule has 0 saturated heterocycles. The second-order valence-corrected chi connectivity index (χ2v) is 211. The monoisotopic (exact) mass is 1680 g/mol. The van der Waals surface area contributed by atoms with Crippen molar-refractivity contribution in [3.63, 3.8) is 0 Å². The van der Waals surface area contributed by atoms with E-state index < -0.39 is 14.9 Å². The standard InChI is InChI=1S/CH56P52/c2-29-46(33(3)4)52(53(44(25)26)45(27)28)32(51(42(21)22)43(23)24)1(30(47(34(5)6)35(7)8)48(36(9)10)37(11)12)31(49(38(13)14)39(15)16)50(40(17)18)41(19)20/h1,29H,2-28H2/i29D. The van der Waals surface area contributed by atoms with E-state index in [2.05, 4.69) is 241 Å². The average Bonchev–Trinajstić information content (AvgIpc) is 2.93. The largest absolute Gasteiger partial charge is 0.109 e. The summed E-state index contributed by atoms with van der Waals surface area (Å²) in [4.78, 5) is 0. The molecule has 52 heteroatoms. The zero-order valence-corrected chi connectivity index (χ0v) is 80.9. The summed E-state index contributed by atoms with van der Waals surface area (Å²) < 4.78 is 9.93. The van der Waals surface area contributed by atoms with Gasteiger partial charge in [0.05, 0.1) is 1.28 Å². The Morgan fingerprint density at radius 1 is 0.264 bits per heavy atom. The van der Waals surface area contributed by atoms with Crippen molar-refractivity contribution in [1.29, 1.82) is 1.28 Å². The molecule has 0 spiro atoms. The molecule has 0 aliphatic rings. The molecule has 0 aliphatic heterocycles. The van der Waals surface area contributed by atoms with Gasteiger partial charge in [0.25, 0.3) is 0 Å². The van der Waals surface area contributed by atoms with E-state index in [0.717, 1.165) is 5.14 Å². The zero-order valence-electron chi connectivity index (χ0n) is 28.3. The van der Waals surface area contributed by atoms with E-state index in [-0.39, 0.29) is 162 Å². The van der Waals surface area contributed by atoms with Gasteiger partial charge in [0.1, 0.15) is 0 Å². The lowest BCUT2D eigenvalue weighted by molar-refractivity contribution is 2.05. The number of rotatable bonds is 25. The van der Waals surface area contributed by atoms with Gasteiger partial charge in [-0.3, -0.25) is 0 Å². The first-order valence-corrected chi connectivity index (χ1v) is 105. The maximum absolute atomic E-state index is 9.93. The summed E-state index contributed by atoms with van der Waals surface area (Å²) in [5, 5.41) is 0.840. The van der Waals surface area contributed by atoms with E-state index in [1.54, 1.807) is 0 Å². The first-order chi connectivity index (χ1) is 24.5. The van der Waals surface area contributed by atoms with Gasteiger partial charge in [-0.25, -0.2) is 0 Å². The molecule has 0 N–H and O–H groups in total. The minimum atomic E-state index is -0.881. The molecule has 0 saturated carbocycles. The smallest absolute Gasteiger partial charge is 0.0678 e. The summed E-state index contributed by atoms with van der Waals surface area (Å²) in [6.07, 6.45) is 0. The fourth-order valence-corrected chi connectivity index (χ4v) is 589. The van der Waals surface area contributed by atoms with Crippen LogP contribution in [-0.4, -0.2) is 6.42 Å². The molecule has 0 aromatic heterocycles. The predicted octanol–water partition coefficient (Wildman–Crippen LogP) is 30.0. The Morgan fingerprint density at radius 3 is 0.566 bits per heavy atom. The van der Waals surface area contributed by atoms with Gasteiger partial charge in [0, 0.05) is 5.14 Å². The maximum atomic E-state index is 9.93. The Balaban J connectivity index is 9.98. The van der Waals surface area contributed by atoms with Crippen molar-refractivity contribution in [2.45, 2.75) is 5.14 Å². The molecule has 31 atom stereocenters. The van der Waals surface area contributed by atoms with Crippen LogP contribution in [0, 0.1) is 0 Å². The summed E-state index contributed by atoms with van der Waals surface area (Å²) in [6.45, 7) is -5.92. The Labute approximate surface area is 418 Å². The van der Waals surface area contributed by atoms with Gasteiger partial charge in [-0.15, -0.1) is 241 Å². The van der Waals surface area contributed by atoms with Crippen molar-refractivity contribution < 1.29 is 0 Å². The molecule has 0 aliphatic carbocycles. The van der Waals surface area contributed by atoms with Crippen molar-refractivity contribution in [2.24, 2.45) is 0 Å². The van der Waals surface area contributed by atoms with E-state index in [1.807, 2.05) is 0 Å². The zero-order chi connectivity index (χ0) is 43.0. The van der Waals surface area contributed by atoms with E-state index in [9.17, 15) is 1.28 Å². The van der Waals surface area contributed by atoms with E-state index in [1.165, 1.54) is 0 Å². The Kier molecular flexibility index (Phi) is 57.3. The fourth-order valence-electron chi connectivity index (χ4n) is 3.44. The second kappa shape index (κ2) is 41.4. The van der Waals surface area contributed by atoms with E-state index in [4.69, 9.17) is 0 Å². The third kappa shape index (κ3) is 26.9. The highest BCUT2D eigenvalue weighted by Gasteiger charge is 2.59. The molecule has 0 heterocycles. The van der Waals surface area contributed by atoms with Crippen LogP contribution < -0.4 is 0 Å². The number of hydrogen-bond acceptors (Lipinski definition) is 0. The molecule has 0 rings (SSSR count). The highest BCUT2D eigenvalue weighted by Crippen LogP contribution is 3.38. The van der Waals surface area contributed by atoms with Gasteiger partial charge >= 0.3 is 0 Å². The molecule has 0 fully saturated rings. The first kappa shape index (κ1) is 73.4. The van der Waals surface area contributed by atoms with Crippen LogP contribution in [0.2, 0.25) is 0 Å². The van der Waals surface area contributed by atoms with Crippen molar-refractivity contribution in [3.05, 3.63) is 0 Å². The van der Waals surface area contributed by atoms with Crippen LogP contribution >= 0.6 is 418 Å². The lowest BCUT2D eigenvalue weighted by Gasteiger charge is -2.59. The highest BCUT2D eigenvalue weighted by atomic mass is 33.4. The summed E-state index contributed by atoms with van der Waals surface area (Å²) in [5.41, 5.74) is 0. The topological polar surface area (TPSA) is 0 Å². The molecule has 0 aromatic rings. The Morgan fingerprint density at radius 2 is 0.434 bits per heavy atom. The van der Waals surface area contributed by atoms with Crippen LogP contribution in [0.1, 0.15) is 0 Å². The molecule has 0 radical (unpaired) electrons. The van der Waals surface area contributed by atoms with Crippen molar-refractivity contribution in [1.82, 2.24) is 0 Å². The van der Waals surface area contributed by atoms with Crippen LogP contribution in [-0.2, 0) is 0 Å². The third-order valence-corrected chi connectivity index (χ3v) is 324. The van der Waals surface area contributed by atoms with Gasteiger partial charge in [-0.05, 0) is 169 Å². The van der Waals surface area contributed by atoms with Crippen LogP contribution in [0.15, 0.2) is 0 Å². The highest BCUT2D eigenvalue weighted by molar-refractivity contribution is 9.37. The Bertz CT molecular complexity index is 807. The summed E-state index contributed by atoms with van der Waals surface area (Å²) in [7, 11) is 91.3. The molecular formula is CH56P52. The normalized spacial score (nSPS) is 16.9. The minimum Gasteiger partial charge on any atom is -0.109 e. The van der Waals surface area contributed by atoms with Crippen LogP contribution in [0.5, 0.6) is 0 Å². The molecule has 0 bridgehead atoms. The number of hydrogen-bond donors (Lipinski definition) is 0. The molecule has 31 unspecified atom stereocenters. The summed E-state index contributed by atoms with van der Waals surface area (Å²) >= 11 is 0. The molecule has 53 heavy (non-hydrogen) atoms. The Hall–Kier alpha value is 22.4. The average molecular weight is 1680 g/mol. The lowest BCUT2D eigenvalue weighted by Crippen LogP contribution is -1.95. The lowest BCUT2D eigenvalue weighted by atomic mass is 11.9. The van der Waals surface area contributed by atoms with Crippen LogP contribution in [0.25, 0.3) is 0 Å². The molecule has 320 valence electrons. The van der Waals surface area contributed by atoms with Crippen molar-refractivity contribution >= 4 is 418 Å². The van der Waals surface area contributed by atoms with Gasteiger partial charge in [0.2, 0.25) is 0 Å². The summed E-state index contributed by atoms with van der Waals surface area (Å²) in [6, 6.07) is 0. The first-order valence-electron chi connectivity index (χ1n) is 12.6. The van der Waals surface area contributed by atoms with Crippen LogP contribution in [0.3, 0.4) is 0 Å². The van der Waals surface area contributed by atoms with Gasteiger partial charge in [0.15, 0.2) is 0 Å². The SMILES string of the molecule is [2H]P(P)P(P(P)P)P(P(C(P(P(P(P)P)P(P)P)P(P(P)P)P(P)P)P(P(P(P)P)P(P)P)P(P(P)P)P(P)P)P(P(P)P)P(P)P)P(P(P)P)P(P)P. The molecule has 0 aromatic carbocycles. The minimum absolute atomic E-state index is 0.223. The molecule has 0 nitrogen and oxygen atoms in total. The quantitative estimate of drug-likeness (QED) is 0.0799. The molecular weight excluding hydrogens is 1620 g/mol. The third-order valence-electron chi connectivity index (χ3n) is 4.83. The van der Waals surface area contributed by atoms with Crippen molar-refractivity contribution in [3.8, 4) is 0 Å². The fraction of sp³-hybridized carbons (Fsp3) is 1.00. The van der Waals surface area contributed by atoms with E-state index >= 15 is 0 Å². The molecule has 0 amide bonds. The van der Waals surface area contributed by atoms with E-state index in [0.29, 0.717) is 0 Å². The second-order valence-electron chi connectivity index (χ2n) is 8.51. The predicted molar refractivity (Wildman–Crippen MR) is 440 cm³/mol. The maximum Gasteiger partial charge on any atom is 0.0678 e. The van der Waals surface area contributed by atoms with Gasteiger partial charge in [-0.1, -0.05) is 7.90 Å². The van der Waals surface area contributed by atoms with Crippen molar-refractivity contribution in [2.75, 3.05) is 0 Å².